The Hall–Kier alpha value is -3.80. The van der Waals surface area contributed by atoms with Crippen LogP contribution in [0.4, 0.5) is 31.5 Å². The van der Waals surface area contributed by atoms with Crippen molar-refractivity contribution in [1.29, 1.82) is 0 Å². The van der Waals surface area contributed by atoms with Gasteiger partial charge in [-0.2, -0.15) is 0 Å². The van der Waals surface area contributed by atoms with Crippen LogP contribution in [0.2, 0.25) is 0 Å². The minimum Gasteiger partial charge on any atom is -0.478 e. The molecule has 0 amide bonds. The first-order valence-corrected chi connectivity index (χ1v) is 15.4. The summed E-state index contributed by atoms with van der Waals surface area (Å²) < 4.78 is 37.0. The second kappa shape index (κ2) is 15.8. The van der Waals surface area contributed by atoms with Crippen LogP contribution in [-0.2, 0) is 17.8 Å². The highest BCUT2D eigenvalue weighted by molar-refractivity contribution is 14.1. The van der Waals surface area contributed by atoms with Gasteiger partial charge in [-0.05, 0) is 102 Å². The zero-order valence-corrected chi connectivity index (χ0v) is 28.1. The van der Waals surface area contributed by atoms with Crippen molar-refractivity contribution in [3.8, 4) is 0 Å². The number of halogens is 4. The van der Waals surface area contributed by atoms with Gasteiger partial charge in [0.1, 0.15) is 11.6 Å². The van der Waals surface area contributed by atoms with Crippen molar-refractivity contribution in [2.45, 2.75) is 33.9 Å². The molecule has 0 aliphatic rings. The van der Waals surface area contributed by atoms with Crippen molar-refractivity contribution in [2.75, 3.05) is 17.2 Å². The average molecular weight is 832 g/mol. The molecule has 3 N–H and O–H groups in total. The van der Waals surface area contributed by atoms with Gasteiger partial charge in [0.05, 0.1) is 40.5 Å². The highest BCUT2D eigenvalue weighted by Crippen LogP contribution is 2.25. The number of carbonyl (C=O) groups is 2. The Labute approximate surface area is 278 Å². The van der Waals surface area contributed by atoms with E-state index in [9.17, 15) is 33.1 Å². The summed E-state index contributed by atoms with van der Waals surface area (Å²) in [6.07, 6.45) is 2.67. The number of nitrogens with zero attached hydrogens (tertiary/aromatic N) is 2. The van der Waals surface area contributed by atoms with Crippen molar-refractivity contribution in [3.05, 3.63) is 112 Å². The topological polar surface area (TPSA) is 132 Å². The molecule has 0 bridgehead atoms. The molecule has 2 aromatic heterocycles. The predicted octanol–water partition coefficient (Wildman–Crippen LogP) is 6.59. The maximum atomic E-state index is 14.0. The van der Waals surface area contributed by atoms with E-state index in [0.717, 1.165) is 13.2 Å². The number of rotatable bonds is 9. The minimum atomic E-state index is -1.19. The number of hydrogen-bond acceptors (Lipinski definition) is 7. The third-order valence-electron chi connectivity index (χ3n) is 6.06. The van der Waals surface area contributed by atoms with Crippen LogP contribution in [0.25, 0.3) is 0 Å². The molecule has 4 aromatic rings. The van der Waals surface area contributed by atoms with Crippen molar-refractivity contribution in [3.63, 3.8) is 0 Å². The van der Waals surface area contributed by atoms with E-state index in [4.69, 9.17) is 4.74 Å². The van der Waals surface area contributed by atoms with Crippen molar-refractivity contribution < 1.29 is 28.2 Å². The molecule has 2 heterocycles. The molecule has 0 unspecified atom stereocenters. The summed E-state index contributed by atoms with van der Waals surface area (Å²) in [6, 6.07) is 11.6. The number of nitrogens with one attached hydrogen (secondary N) is 2. The van der Waals surface area contributed by atoms with Crippen molar-refractivity contribution in [2.24, 2.45) is 0 Å². The van der Waals surface area contributed by atoms with Crippen LogP contribution in [-0.4, -0.2) is 32.8 Å². The fourth-order valence-electron chi connectivity index (χ4n) is 3.86. The predicted molar refractivity (Wildman–Crippen MR) is 180 cm³/mol. The third kappa shape index (κ3) is 8.87. The van der Waals surface area contributed by atoms with Crippen molar-refractivity contribution in [1.82, 2.24) is 9.13 Å². The number of aromatic nitrogens is 2. The normalized spacial score (nSPS) is 10.4. The molecule has 0 saturated carbocycles. The summed E-state index contributed by atoms with van der Waals surface area (Å²) in [4.78, 5) is 47.2. The fraction of sp³-hybridized carbons (Fsp3) is 0.200. The van der Waals surface area contributed by atoms with Gasteiger partial charge in [-0.15, -0.1) is 0 Å². The number of pyridine rings is 2. The largest absolute Gasteiger partial charge is 0.478 e. The zero-order valence-electron chi connectivity index (χ0n) is 23.8. The number of aryl methyl sites for hydroxylation is 2. The molecule has 0 spiro atoms. The highest BCUT2D eigenvalue weighted by atomic mass is 127. The average Bonchev–Trinajstić information content (AvgIpc) is 2.96. The number of anilines is 4. The molecule has 0 aliphatic carbocycles. The van der Waals surface area contributed by atoms with E-state index in [1.54, 1.807) is 39.0 Å². The Morgan fingerprint density at radius 2 is 1.18 bits per heavy atom. The fourth-order valence-corrected chi connectivity index (χ4v) is 4.77. The minimum absolute atomic E-state index is 0.0670. The van der Waals surface area contributed by atoms with Gasteiger partial charge in [-0.25, -0.2) is 18.4 Å². The molecule has 232 valence electrons. The van der Waals surface area contributed by atoms with Crippen LogP contribution in [0.3, 0.4) is 0 Å². The molecule has 0 radical (unpaired) electrons. The standard InChI is InChI=1S/C16H16FIN2O3.C14H12FIN2O3/c1-3-20-9-11(16(22)23-4-2)14(8-15(20)21)19-13-6-5-10(18)7-12(13)17;1-2-18-7-9(14(20)21)12(6-13(18)19)17-11-4-3-8(16)5-10(11)15/h5-9,19H,3-4H2,1-2H3;3-7,17H,2H2,1H3,(H,20,21). The van der Waals surface area contributed by atoms with Crippen molar-refractivity contribution >= 4 is 79.9 Å². The van der Waals surface area contributed by atoms with Gasteiger partial charge in [0, 0.05) is 44.8 Å². The van der Waals surface area contributed by atoms with Gasteiger partial charge in [0.25, 0.3) is 11.1 Å². The molecule has 0 aliphatic heterocycles. The molecule has 0 fully saturated rings. The van der Waals surface area contributed by atoms with Gasteiger partial charge in [0.15, 0.2) is 0 Å². The number of carbonyl (C=O) groups excluding carboxylic acids is 1. The number of carboxylic acid groups (broad SMARTS) is 1. The lowest BCUT2D eigenvalue weighted by Crippen LogP contribution is -2.22. The van der Waals surface area contributed by atoms with Crippen LogP contribution < -0.4 is 21.8 Å². The van der Waals surface area contributed by atoms with Crippen LogP contribution in [0.1, 0.15) is 41.5 Å². The first-order valence-electron chi connectivity index (χ1n) is 13.2. The molecule has 10 nitrogen and oxygen atoms in total. The van der Waals surface area contributed by atoms with Gasteiger partial charge in [-0.3, -0.25) is 9.59 Å². The first kappa shape index (κ1) is 34.7. The SMILES string of the molecule is CCOC(=O)c1cn(CC)c(=O)cc1Nc1ccc(I)cc1F.CCn1cc(C(=O)O)c(Nc2ccc(I)cc2F)cc1=O. The smallest absolute Gasteiger partial charge is 0.341 e. The summed E-state index contributed by atoms with van der Waals surface area (Å²) in [5.41, 5.74) is 0.0530. The molecule has 2 aromatic carbocycles. The number of hydrogen-bond donors (Lipinski definition) is 3. The van der Waals surface area contributed by atoms with Crippen LogP contribution in [0, 0.1) is 18.8 Å². The van der Waals surface area contributed by atoms with E-state index in [2.05, 4.69) is 10.6 Å². The van der Waals surface area contributed by atoms with Crippen LogP contribution in [0.5, 0.6) is 0 Å². The summed E-state index contributed by atoms with van der Waals surface area (Å²) in [6.45, 7) is 6.21. The number of benzene rings is 2. The second-order valence-corrected chi connectivity index (χ2v) is 11.5. The van der Waals surface area contributed by atoms with Crippen LogP contribution >= 0.6 is 45.2 Å². The van der Waals surface area contributed by atoms with Gasteiger partial charge < -0.3 is 29.6 Å². The Bertz CT molecular complexity index is 1810. The number of aromatic carboxylic acids is 1. The molecule has 44 heavy (non-hydrogen) atoms. The van der Waals surface area contributed by atoms with E-state index in [1.165, 1.54) is 45.8 Å². The quantitative estimate of drug-likeness (QED) is 0.127. The van der Waals surface area contributed by atoms with Gasteiger partial charge >= 0.3 is 11.9 Å². The van der Waals surface area contributed by atoms with E-state index in [-0.39, 0.29) is 51.6 Å². The molecular weight excluding hydrogens is 804 g/mol. The van der Waals surface area contributed by atoms with E-state index in [1.807, 2.05) is 45.2 Å². The maximum Gasteiger partial charge on any atom is 0.341 e. The number of ether oxygens (including phenoxy) is 1. The third-order valence-corrected chi connectivity index (χ3v) is 7.40. The van der Waals surface area contributed by atoms with Gasteiger partial charge in [-0.1, -0.05) is 0 Å². The zero-order chi connectivity index (χ0) is 32.6. The molecule has 0 saturated heterocycles. The lowest BCUT2D eigenvalue weighted by molar-refractivity contribution is 0.0526. The molecule has 0 atom stereocenters. The first-order chi connectivity index (χ1) is 20.9. The number of esters is 1. The van der Waals surface area contributed by atoms with E-state index >= 15 is 0 Å². The van der Waals surface area contributed by atoms with Crippen LogP contribution in [0.15, 0.2) is 70.5 Å². The molecule has 4 rings (SSSR count). The lowest BCUT2D eigenvalue weighted by atomic mass is 10.2. The lowest BCUT2D eigenvalue weighted by Gasteiger charge is -2.14. The molecular formula is C30H28F2I2N4O6. The van der Waals surface area contributed by atoms with E-state index < -0.39 is 23.6 Å². The summed E-state index contributed by atoms with van der Waals surface area (Å²) in [5.74, 6) is -2.74. The molecule has 14 heteroatoms. The monoisotopic (exact) mass is 832 g/mol. The summed E-state index contributed by atoms with van der Waals surface area (Å²) in [5, 5.41) is 14.7. The Kier molecular flexibility index (Phi) is 12.4. The van der Waals surface area contributed by atoms with Gasteiger partial charge in [0.2, 0.25) is 0 Å². The second-order valence-electron chi connectivity index (χ2n) is 8.97. The summed E-state index contributed by atoms with van der Waals surface area (Å²) >= 11 is 3.97. The summed E-state index contributed by atoms with van der Waals surface area (Å²) in [7, 11) is 0. The highest BCUT2D eigenvalue weighted by Gasteiger charge is 2.17. The Morgan fingerprint density at radius 1 is 0.750 bits per heavy atom. The Balaban J connectivity index is 0.000000241. The van der Waals surface area contributed by atoms with E-state index in [0.29, 0.717) is 13.1 Å². The number of carboxylic acids is 1. The Morgan fingerprint density at radius 3 is 1.57 bits per heavy atom. The maximum absolute atomic E-state index is 14.0.